The molecule has 26 heavy (non-hydrogen) atoms. The number of nitrogens with one attached hydrogen (secondary N) is 2. The van der Waals surface area contributed by atoms with Crippen LogP contribution in [0, 0.1) is 0 Å². The van der Waals surface area contributed by atoms with Crippen molar-refractivity contribution in [3.8, 4) is 0 Å². The van der Waals surface area contributed by atoms with E-state index in [1.807, 2.05) is 48.0 Å². The van der Waals surface area contributed by atoms with Gasteiger partial charge in [0.15, 0.2) is 5.96 Å². The number of guanidine groups is 1. The van der Waals surface area contributed by atoms with Crippen molar-refractivity contribution < 1.29 is 9.53 Å². The highest BCUT2D eigenvalue weighted by Crippen LogP contribution is 2.15. The average Bonchev–Trinajstić information content (AvgIpc) is 2.81. The van der Waals surface area contributed by atoms with E-state index in [-0.39, 0.29) is 6.09 Å². The van der Waals surface area contributed by atoms with E-state index in [0.29, 0.717) is 13.1 Å². The van der Waals surface area contributed by atoms with Gasteiger partial charge in [0.05, 0.1) is 6.54 Å². The van der Waals surface area contributed by atoms with Gasteiger partial charge in [-0.2, -0.15) is 0 Å². The molecule has 0 bridgehead atoms. The molecule has 0 atom stereocenters. The van der Waals surface area contributed by atoms with E-state index < -0.39 is 5.60 Å². The molecule has 0 saturated heterocycles. The maximum absolute atomic E-state index is 11.6. The van der Waals surface area contributed by atoms with Crippen LogP contribution in [0.2, 0.25) is 0 Å². The Bertz CT molecular complexity index is 607. The first-order chi connectivity index (χ1) is 12.1. The Morgan fingerprint density at radius 1 is 1.38 bits per heavy atom. The smallest absolute Gasteiger partial charge is 0.407 e. The Morgan fingerprint density at radius 3 is 2.62 bits per heavy atom. The van der Waals surface area contributed by atoms with E-state index in [9.17, 15) is 4.79 Å². The molecule has 0 saturated carbocycles. The van der Waals surface area contributed by atoms with Crippen LogP contribution in [0.3, 0.4) is 0 Å². The maximum atomic E-state index is 11.6. The molecule has 1 aromatic rings. The third-order valence-corrected chi connectivity index (χ3v) is 3.87. The van der Waals surface area contributed by atoms with E-state index in [4.69, 9.17) is 4.74 Å². The Kier molecular flexibility index (Phi) is 8.98. The molecule has 0 unspecified atom stereocenters. The first-order valence-electron chi connectivity index (χ1n) is 8.89. The summed E-state index contributed by atoms with van der Waals surface area (Å²) >= 11 is 3.50. The minimum absolute atomic E-state index is 0.389. The molecule has 0 aliphatic carbocycles. The minimum atomic E-state index is -0.477. The quantitative estimate of drug-likeness (QED) is 0.396. The van der Waals surface area contributed by atoms with Crippen molar-refractivity contribution in [1.29, 1.82) is 0 Å². The number of aliphatic imine (C=N–C) groups is 1. The molecule has 1 aromatic heterocycles. The number of hydrogen-bond donors (Lipinski definition) is 2. The number of carbonyl (C=O) groups is 1. The number of halogens is 1. The fourth-order valence-electron chi connectivity index (χ4n) is 2.28. The van der Waals surface area contributed by atoms with Gasteiger partial charge in [-0.25, -0.2) is 4.79 Å². The standard InChI is InChI=1S/C18H32BrN5O2/c1-7-20-16(24(6)13-15-11-14(19)12-23(15)5)21-9-8-10-22-17(25)26-18(2,3)4/h11-12H,7-10,13H2,1-6H3,(H,20,21)(H,22,25). The second kappa shape index (κ2) is 10.4. The zero-order valence-electron chi connectivity index (χ0n) is 16.7. The number of nitrogens with zero attached hydrogens (tertiary/aromatic N) is 3. The highest BCUT2D eigenvalue weighted by atomic mass is 79.9. The lowest BCUT2D eigenvalue weighted by atomic mass is 10.2. The number of carbonyl (C=O) groups excluding carboxylic acids is 1. The molecule has 0 aliphatic rings. The molecular formula is C18H32BrN5O2. The summed E-state index contributed by atoms with van der Waals surface area (Å²) in [5.41, 5.74) is 0.714. The zero-order chi connectivity index (χ0) is 19.7. The van der Waals surface area contributed by atoms with Gasteiger partial charge in [0.1, 0.15) is 5.60 Å². The van der Waals surface area contributed by atoms with Gasteiger partial charge in [-0.15, -0.1) is 0 Å². The lowest BCUT2D eigenvalue weighted by Crippen LogP contribution is -2.39. The van der Waals surface area contributed by atoms with Crippen LogP contribution in [0.25, 0.3) is 0 Å². The highest BCUT2D eigenvalue weighted by molar-refractivity contribution is 9.10. The Balaban J connectivity index is 2.47. The molecule has 0 spiro atoms. The van der Waals surface area contributed by atoms with Gasteiger partial charge >= 0.3 is 6.09 Å². The van der Waals surface area contributed by atoms with E-state index in [2.05, 4.69) is 47.1 Å². The predicted octanol–water partition coefficient (Wildman–Crippen LogP) is 3.10. The summed E-state index contributed by atoms with van der Waals surface area (Å²) < 4.78 is 8.37. The number of ether oxygens (including phenoxy) is 1. The Hall–Kier alpha value is -1.70. The molecule has 7 nitrogen and oxygen atoms in total. The van der Waals surface area contributed by atoms with Crippen LogP contribution in [0.1, 0.15) is 39.8 Å². The molecule has 0 aliphatic heterocycles. The molecule has 0 radical (unpaired) electrons. The molecule has 2 N–H and O–H groups in total. The predicted molar refractivity (Wildman–Crippen MR) is 109 cm³/mol. The fraction of sp³-hybridized carbons (Fsp3) is 0.667. The summed E-state index contributed by atoms with van der Waals surface area (Å²) in [5.74, 6) is 0.849. The van der Waals surface area contributed by atoms with Gasteiger partial charge in [0.25, 0.3) is 0 Å². The van der Waals surface area contributed by atoms with Gasteiger partial charge in [-0.05, 0) is 56.1 Å². The van der Waals surface area contributed by atoms with Crippen molar-refractivity contribution in [3.05, 3.63) is 22.4 Å². The molecule has 0 fully saturated rings. The summed E-state index contributed by atoms with van der Waals surface area (Å²) in [5, 5.41) is 6.05. The van der Waals surface area contributed by atoms with E-state index in [0.717, 1.165) is 29.9 Å². The Morgan fingerprint density at radius 2 is 2.08 bits per heavy atom. The first kappa shape index (κ1) is 22.3. The lowest BCUT2D eigenvalue weighted by Gasteiger charge is -2.22. The van der Waals surface area contributed by atoms with Crippen molar-refractivity contribution in [1.82, 2.24) is 20.1 Å². The van der Waals surface area contributed by atoms with E-state index >= 15 is 0 Å². The van der Waals surface area contributed by atoms with Gasteiger partial charge in [0, 0.05) is 50.1 Å². The highest BCUT2D eigenvalue weighted by Gasteiger charge is 2.15. The van der Waals surface area contributed by atoms with Crippen molar-refractivity contribution in [2.24, 2.45) is 12.0 Å². The molecule has 1 rings (SSSR count). The third-order valence-electron chi connectivity index (χ3n) is 3.43. The van der Waals surface area contributed by atoms with Crippen LogP contribution in [0.5, 0.6) is 0 Å². The second-order valence-corrected chi connectivity index (χ2v) is 8.05. The number of alkyl carbamates (subject to hydrolysis) is 1. The first-order valence-corrected chi connectivity index (χ1v) is 9.68. The number of aromatic nitrogens is 1. The summed E-state index contributed by atoms with van der Waals surface area (Å²) in [6.45, 7) is 10.3. The second-order valence-electron chi connectivity index (χ2n) is 7.13. The van der Waals surface area contributed by atoms with Crippen LogP contribution in [-0.4, -0.2) is 53.8 Å². The molecule has 148 valence electrons. The van der Waals surface area contributed by atoms with Gasteiger partial charge in [-0.1, -0.05) is 0 Å². The fourth-order valence-corrected chi connectivity index (χ4v) is 2.85. The lowest BCUT2D eigenvalue weighted by molar-refractivity contribution is 0.0527. The summed E-state index contributed by atoms with van der Waals surface area (Å²) in [4.78, 5) is 18.3. The summed E-state index contributed by atoms with van der Waals surface area (Å²) in [6.07, 6.45) is 2.40. The van der Waals surface area contributed by atoms with Crippen molar-refractivity contribution in [2.75, 3.05) is 26.7 Å². The van der Waals surface area contributed by atoms with Crippen LogP contribution < -0.4 is 10.6 Å². The normalized spacial score (nSPS) is 12.0. The summed E-state index contributed by atoms with van der Waals surface area (Å²) in [7, 11) is 4.04. The van der Waals surface area contributed by atoms with E-state index in [1.165, 1.54) is 5.69 Å². The molecule has 1 heterocycles. The Labute approximate surface area is 165 Å². The van der Waals surface area contributed by atoms with E-state index in [1.54, 1.807) is 0 Å². The SMILES string of the molecule is CCNC(=NCCCNC(=O)OC(C)(C)C)N(C)Cc1cc(Br)cn1C. The number of rotatable bonds is 7. The molecule has 0 aromatic carbocycles. The number of aryl methyl sites for hydroxylation is 1. The zero-order valence-corrected chi connectivity index (χ0v) is 18.3. The molecule has 1 amide bonds. The maximum Gasteiger partial charge on any atom is 0.407 e. The van der Waals surface area contributed by atoms with Crippen LogP contribution in [0.4, 0.5) is 4.79 Å². The molecule has 8 heteroatoms. The van der Waals surface area contributed by atoms with Crippen LogP contribution in [-0.2, 0) is 18.3 Å². The van der Waals surface area contributed by atoms with Crippen molar-refractivity contribution in [3.63, 3.8) is 0 Å². The topological polar surface area (TPSA) is 70.9 Å². The molecular weight excluding hydrogens is 398 g/mol. The largest absolute Gasteiger partial charge is 0.444 e. The van der Waals surface area contributed by atoms with Crippen molar-refractivity contribution >= 4 is 28.0 Å². The van der Waals surface area contributed by atoms with Gasteiger partial charge in [0.2, 0.25) is 0 Å². The monoisotopic (exact) mass is 429 g/mol. The van der Waals surface area contributed by atoms with Gasteiger partial charge in [-0.3, -0.25) is 4.99 Å². The number of hydrogen-bond acceptors (Lipinski definition) is 3. The van der Waals surface area contributed by atoms with Crippen LogP contribution >= 0.6 is 15.9 Å². The van der Waals surface area contributed by atoms with Crippen LogP contribution in [0.15, 0.2) is 21.7 Å². The summed E-state index contributed by atoms with van der Waals surface area (Å²) in [6, 6.07) is 2.10. The third kappa shape index (κ3) is 8.60. The number of amides is 1. The van der Waals surface area contributed by atoms with Gasteiger partial charge < -0.3 is 24.8 Å². The van der Waals surface area contributed by atoms with Crippen molar-refractivity contribution in [2.45, 2.75) is 46.3 Å². The minimum Gasteiger partial charge on any atom is -0.444 e. The average molecular weight is 430 g/mol.